The van der Waals surface area contributed by atoms with Gasteiger partial charge in [0.05, 0.1) is 5.69 Å². The second-order valence-corrected chi connectivity index (χ2v) is 3.56. The fraction of sp³-hybridized carbons (Fsp3) is 0.667. The zero-order valence-electron chi connectivity index (χ0n) is 7.71. The number of aromatic nitrogens is 2. The highest BCUT2D eigenvalue weighted by Gasteiger charge is 2.25. The first-order valence-corrected chi connectivity index (χ1v) is 4.85. The van der Waals surface area contributed by atoms with Gasteiger partial charge in [0.2, 0.25) is 0 Å². The highest BCUT2D eigenvalue weighted by atomic mass is 15.1. The molecule has 0 atom stereocenters. The van der Waals surface area contributed by atoms with E-state index in [9.17, 15) is 0 Å². The molecule has 0 spiro atoms. The number of aromatic amines is 1. The molecule has 1 aliphatic carbocycles. The highest BCUT2D eigenvalue weighted by Crippen LogP contribution is 2.38. The van der Waals surface area contributed by atoms with Crippen LogP contribution in [0.3, 0.4) is 0 Å². The van der Waals surface area contributed by atoms with Crippen LogP contribution in [0.25, 0.3) is 0 Å². The maximum absolute atomic E-state index is 5.37. The van der Waals surface area contributed by atoms with E-state index in [-0.39, 0.29) is 0 Å². The maximum Gasteiger partial charge on any atom is 0.0656 e. The van der Waals surface area contributed by atoms with Crippen LogP contribution in [-0.4, -0.2) is 23.3 Å². The number of nitrogens with one attached hydrogen (secondary N) is 2. The zero-order valence-corrected chi connectivity index (χ0v) is 7.71. The van der Waals surface area contributed by atoms with E-state index in [4.69, 9.17) is 5.73 Å². The Balaban J connectivity index is 1.82. The summed E-state index contributed by atoms with van der Waals surface area (Å²) >= 11 is 0. The summed E-state index contributed by atoms with van der Waals surface area (Å²) in [4.78, 5) is 0. The molecule has 0 aliphatic heterocycles. The largest absolute Gasteiger partial charge is 0.329 e. The Morgan fingerprint density at radius 1 is 1.62 bits per heavy atom. The molecule has 1 heterocycles. The minimum atomic E-state index is 0.684. The van der Waals surface area contributed by atoms with Crippen LogP contribution in [0.5, 0.6) is 0 Å². The lowest BCUT2D eigenvalue weighted by Gasteiger charge is -1.98. The van der Waals surface area contributed by atoms with Gasteiger partial charge in [0.15, 0.2) is 0 Å². The summed E-state index contributed by atoms with van der Waals surface area (Å²) in [7, 11) is 0. The number of hydrogen-bond acceptors (Lipinski definition) is 3. The third-order valence-corrected chi connectivity index (χ3v) is 2.28. The Hall–Kier alpha value is -0.870. The maximum atomic E-state index is 5.37. The first kappa shape index (κ1) is 8.72. The number of hydrogen-bond donors (Lipinski definition) is 3. The minimum absolute atomic E-state index is 0.684. The summed E-state index contributed by atoms with van der Waals surface area (Å²) in [6.45, 7) is 2.39. The van der Waals surface area contributed by atoms with Gasteiger partial charge in [-0.2, -0.15) is 5.10 Å². The molecule has 1 aromatic rings. The van der Waals surface area contributed by atoms with E-state index >= 15 is 0 Å². The molecular weight excluding hydrogens is 164 g/mol. The second-order valence-electron chi connectivity index (χ2n) is 3.56. The van der Waals surface area contributed by atoms with Crippen LogP contribution in [0.1, 0.15) is 30.1 Å². The normalized spacial score (nSPS) is 16.4. The van der Waals surface area contributed by atoms with Crippen molar-refractivity contribution in [3.8, 4) is 0 Å². The standard InChI is InChI=1S/C9H16N4/c10-3-4-11-6-8-5-9(13-12-8)7-1-2-7/h5,7,11H,1-4,6,10H2,(H,12,13). The smallest absolute Gasteiger partial charge is 0.0656 e. The molecule has 4 heteroatoms. The Labute approximate surface area is 77.9 Å². The quantitative estimate of drug-likeness (QED) is 0.572. The molecule has 0 amide bonds. The van der Waals surface area contributed by atoms with Gasteiger partial charge in [-0.15, -0.1) is 0 Å². The van der Waals surface area contributed by atoms with Crippen molar-refractivity contribution in [2.75, 3.05) is 13.1 Å². The summed E-state index contributed by atoms with van der Waals surface area (Å²) in [5.74, 6) is 0.736. The van der Waals surface area contributed by atoms with Gasteiger partial charge in [-0.3, -0.25) is 5.10 Å². The second kappa shape index (κ2) is 3.89. The van der Waals surface area contributed by atoms with Crippen LogP contribution in [-0.2, 0) is 6.54 Å². The summed E-state index contributed by atoms with van der Waals surface area (Å²) in [6.07, 6.45) is 2.61. The van der Waals surface area contributed by atoms with Gasteiger partial charge in [-0.1, -0.05) is 0 Å². The van der Waals surface area contributed by atoms with Gasteiger partial charge in [0.1, 0.15) is 0 Å². The van der Waals surface area contributed by atoms with Crippen LogP contribution < -0.4 is 11.1 Å². The molecule has 0 saturated heterocycles. The van der Waals surface area contributed by atoms with Crippen molar-refractivity contribution >= 4 is 0 Å². The average molecular weight is 180 g/mol. The van der Waals surface area contributed by atoms with Gasteiger partial charge in [-0.25, -0.2) is 0 Å². The summed E-state index contributed by atoms with van der Waals surface area (Å²) in [5, 5.41) is 10.5. The predicted octanol–water partition coefficient (Wildman–Crippen LogP) is 0.335. The van der Waals surface area contributed by atoms with Crippen LogP contribution in [0.15, 0.2) is 6.07 Å². The monoisotopic (exact) mass is 180 g/mol. The number of H-pyrrole nitrogens is 1. The zero-order chi connectivity index (χ0) is 9.10. The van der Waals surface area contributed by atoms with Gasteiger partial charge in [0.25, 0.3) is 0 Å². The van der Waals surface area contributed by atoms with Crippen molar-refractivity contribution < 1.29 is 0 Å². The molecule has 0 radical (unpaired) electrons. The van der Waals surface area contributed by atoms with Gasteiger partial charge in [0, 0.05) is 31.2 Å². The van der Waals surface area contributed by atoms with Crippen LogP contribution in [0.2, 0.25) is 0 Å². The Kier molecular flexibility index (Phi) is 2.61. The fourth-order valence-corrected chi connectivity index (χ4v) is 1.38. The Morgan fingerprint density at radius 2 is 2.46 bits per heavy atom. The molecule has 2 rings (SSSR count). The van der Waals surface area contributed by atoms with E-state index in [0.717, 1.165) is 24.7 Å². The van der Waals surface area contributed by atoms with E-state index in [2.05, 4.69) is 21.6 Å². The fourth-order valence-electron chi connectivity index (χ4n) is 1.38. The molecule has 4 nitrogen and oxygen atoms in total. The van der Waals surface area contributed by atoms with E-state index in [1.54, 1.807) is 0 Å². The van der Waals surface area contributed by atoms with Crippen LogP contribution in [0, 0.1) is 0 Å². The van der Waals surface area contributed by atoms with Crippen LogP contribution >= 0.6 is 0 Å². The lowest BCUT2D eigenvalue weighted by molar-refractivity contribution is 0.680. The Bertz CT molecular complexity index is 264. The lowest BCUT2D eigenvalue weighted by atomic mass is 10.3. The molecular formula is C9H16N4. The molecule has 1 aromatic heterocycles. The third-order valence-electron chi connectivity index (χ3n) is 2.28. The predicted molar refractivity (Wildman–Crippen MR) is 51.3 cm³/mol. The van der Waals surface area contributed by atoms with Crippen molar-refractivity contribution in [1.29, 1.82) is 0 Å². The van der Waals surface area contributed by atoms with E-state index in [1.807, 2.05) is 0 Å². The molecule has 0 aromatic carbocycles. The SMILES string of the molecule is NCCNCc1cc(C2CC2)n[nH]1. The molecule has 1 aliphatic rings. The molecule has 0 bridgehead atoms. The van der Waals surface area contributed by atoms with E-state index in [1.165, 1.54) is 18.5 Å². The first-order valence-electron chi connectivity index (χ1n) is 4.85. The lowest BCUT2D eigenvalue weighted by Crippen LogP contribution is -2.21. The van der Waals surface area contributed by atoms with E-state index in [0.29, 0.717) is 6.54 Å². The summed E-state index contributed by atoms with van der Waals surface area (Å²) < 4.78 is 0. The molecule has 1 saturated carbocycles. The molecule has 0 unspecified atom stereocenters. The Morgan fingerprint density at radius 3 is 3.15 bits per heavy atom. The van der Waals surface area contributed by atoms with Gasteiger partial charge < -0.3 is 11.1 Å². The van der Waals surface area contributed by atoms with Gasteiger partial charge in [-0.05, 0) is 18.9 Å². The summed E-state index contributed by atoms with van der Waals surface area (Å²) in [5.41, 5.74) is 7.76. The van der Waals surface area contributed by atoms with Crippen molar-refractivity contribution in [3.05, 3.63) is 17.5 Å². The van der Waals surface area contributed by atoms with Crippen molar-refractivity contribution in [2.45, 2.75) is 25.3 Å². The number of nitrogens with zero attached hydrogens (tertiary/aromatic N) is 1. The minimum Gasteiger partial charge on any atom is -0.329 e. The van der Waals surface area contributed by atoms with Gasteiger partial charge >= 0.3 is 0 Å². The average Bonchev–Trinajstić information content (AvgIpc) is 2.88. The third kappa shape index (κ3) is 2.29. The molecule has 13 heavy (non-hydrogen) atoms. The van der Waals surface area contributed by atoms with E-state index < -0.39 is 0 Å². The number of rotatable bonds is 5. The number of nitrogens with two attached hydrogens (primary N) is 1. The molecule has 72 valence electrons. The highest BCUT2D eigenvalue weighted by molar-refractivity contribution is 5.17. The topological polar surface area (TPSA) is 66.7 Å². The molecule has 1 fully saturated rings. The van der Waals surface area contributed by atoms with Crippen molar-refractivity contribution in [2.24, 2.45) is 5.73 Å². The summed E-state index contributed by atoms with van der Waals surface area (Å²) in [6, 6.07) is 2.15. The first-order chi connectivity index (χ1) is 6.40. The molecule has 4 N–H and O–H groups in total. The van der Waals surface area contributed by atoms with Crippen LogP contribution in [0.4, 0.5) is 0 Å². The van der Waals surface area contributed by atoms with Crippen molar-refractivity contribution in [3.63, 3.8) is 0 Å². The van der Waals surface area contributed by atoms with Crippen molar-refractivity contribution in [1.82, 2.24) is 15.5 Å².